The normalized spacial score (nSPS) is 34.7. The van der Waals surface area contributed by atoms with Gasteiger partial charge in [-0.05, 0) is 49.3 Å². The van der Waals surface area contributed by atoms with Gasteiger partial charge in [0.2, 0.25) is 0 Å². The van der Waals surface area contributed by atoms with E-state index < -0.39 is 0 Å². The quantitative estimate of drug-likeness (QED) is 0.806. The zero-order valence-electron chi connectivity index (χ0n) is 10.7. The maximum Gasteiger partial charge on any atom is 0.0492 e. The minimum atomic E-state index is 0. The lowest BCUT2D eigenvalue weighted by Gasteiger charge is -2.45. The molecule has 0 aliphatic heterocycles. The Hall–Kier alpha value is -0.530. The highest BCUT2D eigenvalue weighted by Gasteiger charge is 2.50. The molecule has 2 heteroatoms. The molecule has 1 unspecified atom stereocenters. The van der Waals surface area contributed by atoms with Gasteiger partial charge in [0.25, 0.3) is 0 Å². The highest BCUT2D eigenvalue weighted by Crippen LogP contribution is 2.52. The number of rotatable bonds is 1. The number of halogens is 1. The highest BCUT2D eigenvalue weighted by atomic mass is 35.5. The average molecular weight is 252 g/mol. The van der Waals surface area contributed by atoms with Crippen LogP contribution in [0, 0.1) is 11.8 Å². The van der Waals surface area contributed by atoms with Gasteiger partial charge in [0, 0.05) is 5.54 Å². The Balaban J connectivity index is 0.00000108. The summed E-state index contributed by atoms with van der Waals surface area (Å²) in [5, 5.41) is 3.69. The number of hydrogen-bond donors (Lipinski definition) is 1. The average Bonchev–Trinajstić information content (AvgIpc) is 2.65. The zero-order valence-corrected chi connectivity index (χ0v) is 11.5. The van der Waals surface area contributed by atoms with E-state index in [-0.39, 0.29) is 17.9 Å². The van der Waals surface area contributed by atoms with Crippen LogP contribution >= 0.6 is 12.4 Å². The second-order valence-electron chi connectivity index (χ2n) is 5.51. The van der Waals surface area contributed by atoms with Gasteiger partial charge in [0.05, 0.1) is 0 Å². The molecule has 17 heavy (non-hydrogen) atoms. The molecule has 0 spiro atoms. The van der Waals surface area contributed by atoms with Crippen LogP contribution in [0.25, 0.3) is 0 Å². The number of benzene rings is 1. The van der Waals surface area contributed by atoms with Crippen molar-refractivity contribution in [2.45, 2.75) is 38.1 Å². The van der Waals surface area contributed by atoms with Crippen LogP contribution in [-0.4, -0.2) is 7.05 Å². The van der Waals surface area contributed by atoms with Crippen molar-refractivity contribution in [3.63, 3.8) is 0 Å². The van der Waals surface area contributed by atoms with E-state index in [0.717, 1.165) is 11.8 Å². The van der Waals surface area contributed by atoms with Gasteiger partial charge in [0.1, 0.15) is 0 Å². The van der Waals surface area contributed by atoms with Crippen molar-refractivity contribution in [1.82, 2.24) is 5.32 Å². The standard InChI is InChI=1S/C15H21N.ClH/c1-11-6-5-8-13-10-12-7-3-4-9-14(12)15(11,13)16-2;/h3-4,7,9,11,13,16H,5-6,8,10H2,1-2H3;1H/t11?,13-,15+;/m1./s1. The Labute approximate surface area is 110 Å². The van der Waals surface area contributed by atoms with E-state index in [1.165, 1.54) is 25.7 Å². The van der Waals surface area contributed by atoms with Crippen molar-refractivity contribution in [2.75, 3.05) is 7.05 Å². The van der Waals surface area contributed by atoms with Crippen molar-refractivity contribution in [3.05, 3.63) is 35.4 Å². The molecule has 1 fully saturated rings. The molecule has 0 aromatic heterocycles. The van der Waals surface area contributed by atoms with Crippen molar-refractivity contribution >= 4 is 12.4 Å². The van der Waals surface area contributed by atoms with Crippen molar-refractivity contribution in [3.8, 4) is 0 Å². The van der Waals surface area contributed by atoms with Gasteiger partial charge < -0.3 is 5.32 Å². The fourth-order valence-corrected chi connectivity index (χ4v) is 4.23. The maximum atomic E-state index is 3.69. The first-order valence-electron chi connectivity index (χ1n) is 6.56. The first-order chi connectivity index (χ1) is 7.79. The molecule has 1 aromatic carbocycles. The molecule has 1 N–H and O–H groups in total. The molecule has 3 rings (SSSR count). The molecule has 3 atom stereocenters. The van der Waals surface area contributed by atoms with Gasteiger partial charge in [-0.2, -0.15) is 0 Å². The first-order valence-corrected chi connectivity index (χ1v) is 6.56. The van der Waals surface area contributed by atoms with Crippen molar-refractivity contribution in [2.24, 2.45) is 11.8 Å². The molecule has 0 radical (unpaired) electrons. The third-order valence-corrected chi connectivity index (χ3v) is 4.95. The van der Waals surface area contributed by atoms with Crippen LogP contribution < -0.4 is 5.32 Å². The zero-order chi connectivity index (χ0) is 11.2. The summed E-state index contributed by atoms with van der Waals surface area (Å²) in [7, 11) is 2.15. The summed E-state index contributed by atoms with van der Waals surface area (Å²) in [6.45, 7) is 2.42. The van der Waals surface area contributed by atoms with Gasteiger partial charge >= 0.3 is 0 Å². The first kappa shape index (κ1) is 12.9. The fourth-order valence-electron chi connectivity index (χ4n) is 4.23. The largest absolute Gasteiger partial charge is 0.310 e. The summed E-state index contributed by atoms with van der Waals surface area (Å²) in [4.78, 5) is 0. The Morgan fingerprint density at radius 1 is 1.24 bits per heavy atom. The molecule has 0 heterocycles. The smallest absolute Gasteiger partial charge is 0.0492 e. The second-order valence-corrected chi connectivity index (χ2v) is 5.51. The highest BCUT2D eigenvalue weighted by molar-refractivity contribution is 5.85. The lowest BCUT2D eigenvalue weighted by molar-refractivity contribution is 0.103. The predicted molar refractivity (Wildman–Crippen MR) is 74.6 cm³/mol. The van der Waals surface area contributed by atoms with Gasteiger partial charge in [-0.15, -0.1) is 12.4 Å². The monoisotopic (exact) mass is 251 g/mol. The number of nitrogens with one attached hydrogen (secondary N) is 1. The molecule has 1 aromatic rings. The predicted octanol–water partition coefficient (Wildman–Crippen LogP) is 3.52. The van der Waals surface area contributed by atoms with Crippen molar-refractivity contribution < 1.29 is 0 Å². The SMILES string of the molecule is CN[C@]12c3ccccc3C[C@H]1CCCC2C.Cl. The molecule has 2 aliphatic rings. The minimum absolute atomic E-state index is 0. The van der Waals surface area contributed by atoms with Crippen LogP contribution in [0.15, 0.2) is 24.3 Å². The third kappa shape index (κ3) is 1.63. The lowest BCUT2D eigenvalue weighted by Crippen LogP contribution is -2.51. The van der Waals surface area contributed by atoms with E-state index in [1.807, 2.05) is 0 Å². The molecule has 94 valence electrons. The number of fused-ring (bicyclic) bond motifs is 3. The van der Waals surface area contributed by atoms with E-state index in [1.54, 1.807) is 11.1 Å². The van der Waals surface area contributed by atoms with Gasteiger partial charge in [-0.25, -0.2) is 0 Å². The van der Waals surface area contributed by atoms with E-state index >= 15 is 0 Å². The molecular formula is C15H22ClN. The Bertz CT molecular complexity index is 404. The van der Waals surface area contributed by atoms with Crippen LogP contribution in [0.1, 0.15) is 37.3 Å². The molecule has 0 amide bonds. The van der Waals surface area contributed by atoms with Crippen molar-refractivity contribution in [1.29, 1.82) is 0 Å². The summed E-state index contributed by atoms with van der Waals surface area (Å²) < 4.78 is 0. The second kappa shape index (κ2) is 4.62. The van der Waals surface area contributed by atoms with Crippen LogP contribution in [0.4, 0.5) is 0 Å². The Morgan fingerprint density at radius 2 is 2.00 bits per heavy atom. The topological polar surface area (TPSA) is 12.0 Å². The third-order valence-electron chi connectivity index (χ3n) is 4.95. The lowest BCUT2D eigenvalue weighted by atomic mass is 9.66. The van der Waals surface area contributed by atoms with Crippen LogP contribution in [0.2, 0.25) is 0 Å². The fraction of sp³-hybridized carbons (Fsp3) is 0.600. The van der Waals surface area contributed by atoms with Crippen LogP contribution in [-0.2, 0) is 12.0 Å². The van der Waals surface area contributed by atoms with Crippen LogP contribution in [0.5, 0.6) is 0 Å². The van der Waals surface area contributed by atoms with Gasteiger partial charge in [0.15, 0.2) is 0 Å². The Kier molecular flexibility index (Phi) is 3.51. The summed E-state index contributed by atoms with van der Waals surface area (Å²) in [5.41, 5.74) is 3.43. The van der Waals surface area contributed by atoms with Crippen LogP contribution in [0.3, 0.4) is 0 Å². The molecule has 1 nitrogen and oxygen atoms in total. The summed E-state index contributed by atoms with van der Waals surface area (Å²) in [5.74, 6) is 1.58. The molecule has 0 bridgehead atoms. The molecular weight excluding hydrogens is 230 g/mol. The van der Waals surface area contributed by atoms with Gasteiger partial charge in [-0.3, -0.25) is 0 Å². The van der Waals surface area contributed by atoms with E-state index in [9.17, 15) is 0 Å². The number of hydrogen-bond acceptors (Lipinski definition) is 1. The summed E-state index contributed by atoms with van der Waals surface area (Å²) >= 11 is 0. The molecule has 1 saturated carbocycles. The molecule has 0 saturated heterocycles. The maximum absolute atomic E-state index is 3.69. The Morgan fingerprint density at radius 3 is 2.76 bits per heavy atom. The van der Waals surface area contributed by atoms with E-state index in [0.29, 0.717) is 0 Å². The molecule has 2 aliphatic carbocycles. The van der Waals surface area contributed by atoms with E-state index in [4.69, 9.17) is 0 Å². The summed E-state index contributed by atoms with van der Waals surface area (Å²) in [6.07, 6.45) is 5.44. The minimum Gasteiger partial charge on any atom is -0.310 e. The summed E-state index contributed by atoms with van der Waals surface area (Å²) in [6, 6.07) is 9.04. The van der Waals surface area contributed by atoms with E-state index in [2.05, 4.69) is 43.6 Å². The van der Waals surface area contributed by atoms with Gasteiger partial charge in [-0.1, -0.05) is 37.6 Å².